The highest BCUT2D eigenvalue weighted by atomic mass is 16.5. The van der Waals surface area contributed by atoms with Crippen LogP contribution >= 0.6 is 0 Å². The van der Waals surface area contributed by atoms with Gasteiger partial charge in [0.05, 0.1) is 31.3 Å². The smallest absolute Gasteiger partial charge is 0.162 e. The van der Waals surface area contributed by atoms with Crippen molar-refractivity contribution in [2.45, 2.75) is 20.4 Å². The van der Waals surface area contributed by atoms with Crippen LogP contribution in [0.2, 0.25) is 0 Å². The highest BCUT2D eigenvalue weighted by Gasteiger charge is 2.12. The van der Waals surface area contributed by atoms with Crippen LogP contribution in [0.5, 0.6) is 11.5 Å². The van der Waals surface area contributed by atoms with Crippen LogP contribution in [0.1, 0.15) is 17.0 Å². The fraction of sp³-hybridized carbons (Fsp3) is 0.400. The Morgan fingerprint density at radius 2 is 1.81 bits per heavy atom. The lowest BCUT2D eigenvalue weighted by molar-refractivity contribution is 0.355. The number of rotatable bonds is 5. The van der Waals surface area contributed by atoms with Gasteiger partial charge in [0, 0.05) is 37.0 Å². The summed E-state index contributed by atoms with van der Waals surface area (Å²) in [6.07, 6.45) is 0. The average molecular weight is 290 g/mol. The molecule has 0 aliphatic carbocycles. The zero-order valence-electron chi connectivity index (χ0n) is 13.2. The Kier molecular flexibility index (Phi) is 4.26. The molecule has 2 aromatic rings. The first-order valence-electron chi connectivity index (χ1n) is 6.72. The maximum absolute atomic E-state index is 6.05. The maximum atomic E-state index is 6.05. The van der Waals surface area contributed by atoms with Crippen molar-refractivity contribution in [1.29, 1.82) is 0 Å². The summed E-state index contributed by atoms with van der Waals surface area (Å²) in [5.41, 5.74) is 10.8. The molecule has 0 aliphatic rings. The summed E-state index contributed by atoms with van der Waals surface area (Å²) in [6.45, 7) is 4.71. The molecule has 0 unspecified atom stereocenters. The van der Waals surface area contributed by atoms with Crippen LogP contribution in [-0.2, 0) is 13.6 Å². The minimum Gasteiger partial charge on any atom is -0.493 e. The number of aryl methyl sites for hydroxylation is 2. The molecule has 0 aliphatic heterocycles. The molecule has 0 bridgehead atoms. The first-order chi connectivity index (χ1) is 9.97. The average Bonchev–Trinajstić information content (AvgIpc) is 2.71. The zero-order valence-corrected chi connectivity index (χ0v) is 13.2. The molecule has 0 fully saturated rings. The van der Waals surface area contributed by atoms with E-state index >= 15 is 0 Å². The van der Waals surface area contributed by atoms with Crippen molar-refractivity contribution in [3.63, 3.8) is 0 Å². The molecular weight excluding hydrogens is 268 g/mol. The molecule has 0 saturated heterocycles. The topological polar surface area (TPSA) is 74.3 Å². The molecule has 6 heteroatoms. The van der Waals surface area contributed by atoms with Crippen LogP contribution in [0.4, 0.5) is 11.4 Å². The third-order valence-electron chi connectivity index (χ3n) is 3.67. The van der Waals surface area contributed by atoms with Gasteiger partial charge in [-0.3, -0.25) is 4.68 Å². The molecule has 1 heterocycles. The van der Waals surface area contributed by atoms with E-state index in [-0.39, 0.29) is 0 Å². The van der Waals surface area contributed by atoms with E-state index in [4.69, 9.17) is 15.2 Å². The Labute approximate surface area is 124 Å². The molecule has 21 heavy (non-hydrogen) atoms. The SMILES string of the molecule is COc1cc(N)c(NCc2c(C)nn(C)c2C)cc1OC. The van der Waals surface area contributed by atoms with E-state index in [1.54, 1.807) is 20.3 Å². The van der Waals surface area contributed by atoms with Gasteiger partial charge >= 0.3 is 0 Å². The summed E-state index contributed by atoms with van der Waals surface area (Å²) in [6, 6.07) is 3.60. The van der Waals surface area contributed by atoms with Gasteiger partial charge < -0.3 is 20.5 Å². The zero-order chi connectivity index (χ0) is 15.6. The number of nitrogens with two attached hydrogens (primary N) is 1. The maximum Gasteiger partial charge on any atom is 0.162 e. The highest BCUT2D eigenvalue weighted by Crippen LogP contribution is 2.35. The van der Waals surface area contributed by atoms with Gasteiger partial charge in [-0.2, -0.15) is 5.10 Å². The number of nitrogen functional groups attached to an aromatic ring is 1. The van der Waals surface area contributed by atoms with Gasteiger partial charge in [0.2, 0.25) is 0 Å². The van der Waals surface area contributed by atoms with E-state index in [1.165, 1.54) is 5.56 Å². The summed E-state index contributed by atoms with van der Waals surface area (Å²) in [5, 5.41) is 7.74. The molecule has 0 radical (unpaired) electrons. The van der Waals surface area contributed by atoms with Crippen molar-refractivity contribution < 1.29 is 9.47 Å². The Morgan fingerprint density at radius 1 is 1.19 bits per heavy atom. The van der Waals surface area contributed by atoms with Crippen molar-refractivity contribution in [2.75, 3.05) is 25.3 Å². The molecule has 1 aromatic heterocycles. The summed E-state index contributed by atoms with van der Waals surface area (Å²) in [5.74, 6) is 1.27. The second-order valence-electron chi connectivity index (χ2n) is 4.92. The fourth-order valence-corrected chi connectivity index (χ4v) is 2.30. The van der Waals surface area contributed by atoms with E-state index in [1.807, 2.05) is 24.7 Å². The Morgan fingerprint density at radius 3 is 2.33 bits per heavy atom. The van der Waals surface area contributed by atoms with Crippen LogP contribution in [0, 0.1) is 13.8 Å². The number of hydrogen-bond acceptors (Lipinski definition) is 5. The number of benzene rings is 1. The van der Waals surface area contributed by atoms with E-state index in [0.29, 0.717) is 23.7 Å². The lowest BCUT2D eigenvalue weighted by atomic mass is 10.2. The van der Waals surface area contributed by atoms with Crippen LogP contribution in [0.25, 0.3) is 0 Å². The number of ether oxygens (including phenoxy) is 2. The minimum atomic E-state index is 0.617. The molecule has 0 atom stereocenters. The van der Waals surface area contributed by atoms with Gasteiger partial charge in [-0.25, -0.2) is 0 Å². The molecule has 2 rings (SSSR count). The Hall–Kier alpha value is -2.37. The summed E-state index contributed by atoms with van der Waals surface area (Å²) in [4.78, 5) is 0. The van der Waals surface area contributed by atoms with Gasteiger partial charge in [0.15, 0.2) is 11.5 Å². The quantitative estimate of drug-likeness (QED) is 0.826. The largest absolute Gasteiger partial charge is 0.493 e. The van der Waals surface area contributed by atoms with Gasteiger partial charge in [-0.05, 0) is 13.8 Å². The van der Waals surface area contributed by atoms with Crippen LogP contribution in [0.3, 0.4) is 0 Å². The van der Waals surface area contributed by atoms with Gasteiger partial charge in [-0.1, -0.05) is 0 Å². The van der Waals surface area contributed by atoms with Crippen LogP contribution in [-0.4, -0.2) is 24.0 Å². The third kappa shape index (κ3) is 2.89. The predicted octanol–water partition coefficient (Wildman–Crippen LogP) is 2.25. The van der Waals surface area contributed by atoms with Gasteiger partial charge in [0.1, 0.15) is 0 Å². The van der Waals surface area contributed by atoms with Crippen molar-refractivity contribution in [1.82, 2.24) is 9.78 Å². The number of nitrogens with one attached hydrogen (secondary N) is 1. The first-order valence-corrected chi connectivity index (χ1v) is 6.72. The lowest BCUT2D eigenvalue weighted by Gasteiger charge is -2.14. The number of aromatic nitrogens is 2. The second-order valence-corrected chi connectivity index (χ2v) is 4.92. The van der Waals surface area contributed by atoms with Crippen molar-refractivity contribution in [2.24, 2.45) is 7.05 Å². The summed E-state index contributed by atoms with van der Waals surface area (Å²) < 4.78 is 12.4. The molecule has 3 N–H and O–H groups in total. The molecular formula is C15H22N4O2. The third-order valence-corrected chi connectivity index (χ3v) is 3.67. The van der Waals surface area contributed by atoms with Crippen molar-refractivity contribution in [3.05, 3.63) is 29.1 Å². The number of hydrogen-bond donors (Lipinski definition) is 2. The number of anilines is 2. The number of methoxy groups -OCH3 is 2. The second kappa shape index (κ2) is 5.95. The van der Waals surface area contributed by atoms with Crippen LogP contribution in [0.15, 0.2) is 12.1 Å². The summed E-state index contributed by atoms with van der Waals surface area (Å²) >= 11 is 0. The first kappa shape index (κ1) is 15.0. The standard InChI is InChI=1S/C15H22N4O2/c1-9-11(10(2)19(3)18-9)8-17-13-7-15(21-5)14(20-4)6-12(13)16/h6-7,17H,8,16H2,1-5H3. The predicted molar refractivity (Wildman–Crippen MR) is 84.0 cm³/mol. The van der Waals surface area contributed by atoms with E-state index in [0.717, 1.165) is 17.1 Å². The normalized spacial score (nSPS) is 10.5. The van der Waals surface area contributed by atoms with Gasteiger partial charge in [0.25, 0.3) is 0 Å². The van der Waals surface area contributed by atoms with Gasteiger partial charge in [-0.15, -0.1) is 0 Å². The molecule has 6 nitrogen and oxygen atoms in total. The van der Waals surface area contributed by atoms with Crippen molar-refractivity contribution >= 4 is 11.4 Å². The summed E-state index contributed by atoms with van der Waals surface area (Å²) in [7, 11) is 5.14. The molecule has 114 valence electrons. The lowest BCUT2D eigenvalue weighted by Crippen LogP contribution is -2.05. The molecule has 0 spiro atoms. The molecule has 1 aromatic carbocycles. The monoisotopic (exact) mass is 290 g/mol. The molecule has 0 saturated carbocycles. The highest BCUT2D eigenvalue weighted by molar-refractivity contribution is 5.72. The van der Waals surface area contributed by atoms with E-state index < -0.39 is 0 Å². The fourth-order valence-electron chi connectivity index (χ4n) is 2.30. The minimum absolute atomic E-state index is 0.617. The van der Waals surface area contributed by atoms with E-state index in [2.05, 4.69) is 17.3 Å². The Balaban J connectivity index is 2.24. The van der Waals surface area contributed by atoms with Crippen molar-refractivity contribution in [3.8, 4) is 11.5 Å². The molecule has 0 amide bonds. The van der Waals surface area contributed by atoms with Crippen LogP contribution < -0.4 is 20.5 Å². The Bertz CT molecular complexity index is 650. The van der Waals surface area contributed by atoms with E-state index in [9.17, 15) is 0 Å². The number of nitrogens with zero attached hydrogens (tertiary/aromatic N) is 2.